The number of aromatic amines is 1. The molecule has 0 saturated heterocycles. The quantitative estimate of drug-likeness (QED) is 0.857. The van der Waals surface area contributed by atoms with Gasteiger partial charge >= 0.3 is 0 Å². The molecular weight excluding hydrogens is 332 g/mol. The maximum absolute atomic E-state index is 12.0. The van der Waals surface area contributed by atoms with E-state index in [1.165, 1.54) is 0 Å². The SMILES string of the molecule is Cc1nc2nc(S(=O)(=O)CCCC#N)[nH]c2cc1Br. The van der Waals surface area contributed by atoms with E-state index in [4.69, 9.17) is 5.26 Å². The molecule has 2 heterocycles. The number of nitrogens with zero attached hydrogens (tertiary/aromatic N) is 3. The Bertz CT molecular complexity index is 722. The van der Waals surface area contributed by atoms with Gasteiger partial charge in [-0.2, -0.15) is 10.2 Å². The van der Waals surface area contributed by atoms with Crippen LogP contribution < -0.4 is 0 Å². The van der Waals surface area contributed by atoms with Crippen molar-refractivity contribution in [2.45, 2.75) is 24.9 Å². The number of unbranched alkanes of at least 4 members (excludes halogenated alkanes) is 1. The van der Waals surface area contributed by atoms with E-state index in [1.54, 1.807) is 13.0 Å². The number of halogens is 1. The summed E-state index contributed by atoms with van der Waals surface area (Å²) in [6.45, 7) is 1.80. The van der Waals surface area contributed by atoms with E-state index in [0.717, 1.165) is 10.2 Å². The molecule has 0 unspecified atom stereocenters. The van der Waals surface area contributed by atoms with Crippen molar-refractivity contribution in [1.82, 2.24) is 15.0 Å². The molecule has 8 heteroatoms. The lowest BCUT2D eigenvalue weighted by Crippen LogP contribution is -2.08. The fourth-order valence-electron chi connectivity index (χ4n) is 1.57. The minimum atomic E-state index is -3.49. The second kappa shape index (κ2) is 5.27. The summed E-state index contributed by atoms with van der Waals surface area (Å²) in [5.41, 5.74) is 1.68. The summed E-state index contributed by atoms with van der Waals surface area (Å²) >= 11 is 3.33. The van der Waals surface area contributed by atoms with Crippen LogP contribution in [-0.2, 0) is 9.84 Å². The number of aromatic nitrogens is 3. The fraction of sp³-hybridized carbons (Fsp3) is 0.364. The van der Waals surface area contributed by atoms with Crippen LogP contribution in [0.15, 0.2) is 15.7 Å². The lowest BCUT2D eigenvalue weighted by Gasteiger charge is -1.97. The van der Waals surface area contributed by atoms with E-state index in [9.17, 15) is 8.42 Å². The smallest absolute Gasteiger partial charge is 0.227 e. The summed E-state index contributed by atoms with van der Waals surface area (Å²) in [4.78, 5) is 11.0. The number of rotatable bonds is 4. The Labute approximate surface area is 118 Å². The lowest BCUT2D eigenvalue weighted by atomic mass is 10.3. The average molecular weight is 343 g/mol. The van der Waals surface area contributed by atoms with Crippen molar-refractivity contribution in [3.63, 3.8) is 0 Å². The number of fused-ring (bicyclic) bond motifs is 1. The molecule has 0 aromatic carbocycles. The van der Waals surface area contributed by atoms with Crippen LogP contribution in [0.5, 0.6) is 0 Å². The lowest BCUT2D eigenvalue weighted by molar-refractivity contribution is 0.587. The highest BCUT2D eigenvalue weighted by Gasteiger charge is 2.19. The Balaban J connectivity index is 2.38. The van der Waals surface area contributed by atoms with Gasteiger partial charge in [0.25, 0.3) is 0 Å². The molecule has 0 radical (unpaired) electrons. The topological polar surface area (TPSA) is 99.5 Å². The van der Waals surface area contributed by atoms with Gasteiger partial charge in [-0.05, 0) is 35.3 Å². The first-order valence-corrected chi connectivity index (χ1v) is 8.01. The number of aryl methyl sites for hydroxylation is 1. The standard InChI is InChI=1S/C11H11BrN4O2S/c1-7-8(12)6-9-10(14-7)16-11(15-9)19(17,18)5-3-2-4-13/h6H,2-3,5H2,1H3,(H,14,15,16). The average Bonchev–Trinajstić information content (AvgIpc) is 2.73. The molecule has 0 spiro atoms. The third-order valence-electron chi connectivity index (χ3n) is 2.58. The van der Waals surface area contributed by atoms with Crippen molar-refractivity contribution in [2.75, 3.05) is 5.75 Å². The van der Waals surface area contributed by atoms with Crippen LogP contribution in [0, 0.1) is 18.3 Å². The zero-order valence-electron chi connectivity index (χ0n) is 10.1. The van der Waals surface area contributed by atoms with Crippen molar-refractivity contribution in [3.05, 3.63) is 16.2 Å². The molecule has 0 bridgehead atoms. The zero-order chi connectivity index (χ0) is 14.0. The third kappa shape index (κ3) is 2.93. The summed E-state index contributed by atoms with van der Waals surface area (Å²) in [5, 5.41) is 8.33. The number of pyridine rings is 1. The largest absolute Gasteiger partial charge is 0.327 e. The minimum absolute atomic E-state index is 0.0922. The number of nitriles is 1. The maximum atomic E-state index is 12.0. The fourth-order valence-corrected chi connectivity index (χ4v) is 3.10. The summed E-state index contributed by atoms with van der Waals surface area (Å²) in [6, 6.07) is 3.67. The van der Waals surface area contributed by atoms with E-state index in [1.807, 2.05) is 6.07 Å². The molecule has 19 heavy (non-hydrogen) atoms. The van der Waals surface area contributed by atoms with Crippen LogP contribution in [-0.4, -0.2) is 29.1 Å². The van der Waals surface area contributed by atoms with Crippen molar-refractivity contribution in [2.24, 2.45) is 0 Å². The van der Waals surface area contributed by atoms with Gasteiger partial charge in [-0.1, -0.05) is 0 Å². The highest BCUT2D eigenvalue weighted by molar-refractivity contribution is 9.10. The normalized spacial score (nSPS) is 11.6. The summed E-state index contributed by atoms with van der Waals surface area (Å²) in [5.74, 6) is -0.0967. The first kappa shape index (κ1) is 14.0. The molecule has 2 aromatic rings. The number of hydrogen-bond acceptors (Lipinski definition) is 5. The van der Waals surface area contributed by atoms with E-state index in [0.29, 0.717) is 17.6 Å². The first-order valence-electron chi connectivity index (χ1n) is 5.56. The van der Waals surface area contributed by atoms with Crippen LogP contribution >= 0.6 is 15.9 Å². The van der Waals surface area contributed by atoms with Gasteiger partial charge in [-0.15, -0.1) is 0 Å². The maximum Gasteiger partial charge on any atom is 0.227 e. The number of hydrogen-bond donors (Lipinski definition) is 1. The summed E-state index contributed by atoms with van der Waals surface area (Å²) in [6.07, 6.45) is 0.508. The van der Waals surface area contributed by atoms with Gasteiger partial charge in [-0.25, -0.2) is 13.4 Å². The van der Waals surface area contributed by atoms with Crippen LogP contribution in [0.3, 0.4) is 0 Å². The Hall–Kier alpha value is -1.46. The van der Waals surface area contributed by atoms with Crippen molar-refractivity contribution < 1.29 is 8.42 Å². The van der Waals surface area contributed by atoms with Gasteiger partial charge in [-0.3, -0.25) is 0 Å². The Morgan fingerprint density at radius 2 is 2.21 bits per heavy atom. The monoisotopic (exact) mass is 342 g/mol. The van der Waals surface area contributed by atoms with Gasteiger partial charge in [0, 0.05) is 10.9 Å². The van der Waals surface area contributed by atoms with Gasteiger partial charge in [0.15, 0.2) is 5.65 Å². The Morgan fingerprint density at radius 3 is 2.89 bits per heavy atom. The van der Waals surface area contributed by atoms with Gasteiger partial charge in [0.05, 0.1) is 23.0 Å². The Morgan fingerprint density at radius 1 is 1.47 bits per heavy atom. The predicted octanol–water partition coefficient (Wildman–Crippen LogP) is 2.11. The highest BCUT2D eigenvalue weighted by Crippen LogP contribution is 2.21. The molecule has 100 valence electrons. The molecule has 2 rings (SSSR count). The summed E-state index contributed by atoms with van der Waals surface area (Å²) < 4.78 is 24.8. The second-order valence-electron chi connectivity index (χ2n) is 4.05. The van der Waals surface area contributed by atoms with E-state index < -0.39 is 9.84 Å². The zero-order valence-corrected chi connectivity index (χ0v) is 12.5. The van der Waals surface area contributed by atoms with Gasteiger partial charge in [0.2, 0.25) is 15.0 Å². The molecule has 0 amide bonds. The van der Waals surface area contributed by atoms with Gasteiger partial charge < -0.3 is 4.98 Å². The number of sulfone groups is 1. The van der Waals surface area contributed by atoms with Crippen LogP contribution in [0.4, 0.5) is 0 Å². The van der Waals surface area contributed by atoms with Crippen molar-refractivity contribution in [1.29, 1.82) is 5.26 Å². The molecule has 0 aliphatic carbocycles. The Kier molecular flexibility index (Phi) is 3.87. The number of imidazole rings is 1. The minimum Gasteiger partial charge on any atom is -0.327 e. The predicted molar refractivity (Wildman–Crippen MR) is 73.2 cm³/mol. The number of H-pyrrole nitrogens is 1. The van der Waals surface area contributed by atoms with Gasteiger partial charge in [0.1, 0.15) is 0 Å². The van der Waals surface area contributed by atoms with E-state index in [-0.39, 0.29) is 17.3 Å². The van der Waals surface area contributed by atoms with Crippen molar-refractivity contribution in [3.8, 4) is 6.07 Å². The molecule has 0 aliphatic rings. The molecular formula is C11H11BrN4O2S. The van der Waals surface area contributed by atoms with E-state index in [2.05, 4.69) is 30.9 Å². The van der Waals surface area contributed by atoms with Crippen LogP contribution in [0.25, 0.3) is 11.2 Å². The van der Waals surface area contributed by atoms with Crippen LogP contribution in [0.1, 0.15) is 18.5 Å². The third-order valence-corrected chi connectivity index (χ3v) is 4.99. The van der Waals surface area contributed by atoms with Crippen molar-refractivity contribution >= 4 is 36.9 Å². The second-order valence-corrected chi connectivity index (χ2v) is 6.93. The summed E-state index contributed by atoms with van der Waals surface area (Å²) in [7, 11) is -3.49. The molecule has 6 nitrogen and oxygen atoms in total. The molecule has 0 saturated carbocycles. The molecule has 2 aromatic heterocycles. The first-order chi connectivity index (χ1) is 8.94. The molecule has 1 N–H and O–H groups in total. The molecule has 0 fully saturated rings. The number of nitrogens with one attached hydrogen (secondary N) is 1. The van der Waals surface area contributed by atoms with Crippen LogP contribution in [0.2, 0.25) is 0 Å². The molecule has 0 atom stereocenters. The molecule has 0 aliphatic heterocycles. The highest BCUT2D eigenvalue weighted by atomic mass is 79.9. The van der Waals surface area contributed by atoms with E-state index >= 15 is 0 Å².